The first kappa shape index (κ1) is 14.5. The highest BCUT2D eigenvalue weighted by Gasteiger charge is 2.29. The van der Waals surface area contributed by atoms with Crippen LogP contribution in [0.15, 0.2) is 24.3 Å². The molecule has 1 fully saturated rings. The van der Waals surface area contributed by atoms with Gasteiger partial charge in [-0.05, 0) is 38.2 Å². The minimum atomic E-state index is -3.28. The van der Waals surface area contributed by atoms with Gasteiger partial charge in [-0.25, -0.2) is 13.1 Å². The van der Waals surface area contributed by atoms with Crippen molar-refractivity contribution in [2.45, 2.75) is 50.5 Å². The van der Waals surface area contributed by atoms with Crippen molar-refractivity contribution in [2.24, 2.45) is 0 Å². The van der Waals surface area contributed by atoms with Gasteiger partial charge in [-0.3, -0.25) is 0 Å². The number of benzene rings is 1. The predicted octanol–water partition coefficient (Wildman–Crippen LogP) is 1.72. The van der Waals surface area contributed by atoms with Crippen molar-refractivity contribution >= 4 is 10.0 Å². The number of aliphatic hydroxyl groups is 1. The number of sulfonamides is 1. The normalized spacial score (nSPS) is 24.3. The molecular weight excluding hydrogens is 262 g/mol. The predicted molar refractivity (Wildman–Crippen MR) is 75.2 cm³/mol. The summed E-state index contributed by atoms with van der Waals surface area (Å²) in [5.74, 6) is 0. The Kier molecular flexibility index (Phi) is 4.60. The summed E-state index contributed by atoms with van der Waals surface area (Å²) in [5.41, 5.74) is 2.12. The second kappa shape index (κ2) is 6.03. The summed E-state index contributed by atoms with van der Waals surface area (Å²) in [6.07, 6.45) is 1.92. The minimum absolute atomic E-state index is 0.330. The Bertz CT molecular complexity index is 502. The lowest BCUT2D eigenvalue weighted by Gasteiger charge is -2.25. The summed E-state index contributed by atoms with van der Waals surface area (Å²) in [5, 5.41) is 9.05. The molecule has 2 rings (SSSR count). The lowest BCUT2D eigenvalue weighted by molar-refractivity contribution is 0.131. The number of hydrogen-bond acceptors (Lipinski definition) is 3. The van der Waals surface area contributed by atoms with E-state index < -0.39 is 10.0 Å². The molecule has 1 aromatic carbocycles. The van der Waals surface area contributed by atoms with Crippen LogP contribution in [0.5, 0.6) is 0 Å². The second-order valence-corrected chi connectivity index (χ2v) is 7.33. The smallest absolute Gasteiger partial charge is 0.214 e. The van der Waals surface area contributed by atoms with E-state index in [1.165, 1.54) is 0 Å². The van der Waals surface area contributed by atoms with Crippen LogP contribution in [0.1, 0.15) is 36.8 Å². The summed E-state index contributed by atoms with van der Waals surface area (Å²) < 4.78 is 26.9. The van der Waals surface area contributed by atoms with E-state index >= 15 is 0 Å². The molecule has 0 saturated heterocycles. The van der Waals surface area contributed by atoms with Gasteiger partial charge in [0.05, 0.1) is 11.4 Å². The SMILES string of the molecule is Cc1ccc(CNS(=O)(=O)C2CCC(O)CC2)cc1. The van der Waals surface area contributed by atoms with Crippen molar-refractivity contribution in [3.8, 4) is 0 Å². The molecule has 0 amide bonds. The van der Waals surface area contributed by atoms with Gasteiger partial charge in [-0.15, -0.1) is 0 Å². The fraction of sp³-hybridized carbons (Fsp3) is 0.571. The molecule has 1 aliphatic carbocycles. The third kappa shape index (κ3) is 4.03. The molecule has 106 valence electrons. The number of aliphatic hydroxyl groups excluding tert-OH is 1. The van der Waals surface area contributed by atoms with Gasteiger partial charge in [0.2, 0.25) is 10.0 Å². The van der Waals surface area contributed by atoms with E-state index in [-0.39, 0.29) is 11.4 Å². The van der Waals surface area contributed by atoms with Crippen LogP contribution in [0.2, 0.25) is 0 Å². The second-order valence-electron chi connectivity index (χ2n) is 5.28. The largest absolute Gasteiger partial charge is 0.393 e. The highest BCUT2D eigenvalue weighted by Crippen LogP contribution is 2.23. The molecule has 1 aliphatic rings. The Hall–Kier alpha value is -0.910. The van der Waals surface area contributed by atoms with Gasteiger partial charge in [-0.2, -0.15) is 0 Å². The molecule has 0 spiro atoms. The number of nitrogens with one attached hydrogen (secondary N) is 1. The highest BCUT2D eigenvalue weighted by molar-refractivity contribution is 7.90. The van der Waals surface area contributed by atoms with E-state index in [0.29, 0.717) is 32.2 Å². The fourth-order valence-corrected chi connectivity index (χ4v) is 3.86. The van der Waals surface area contributed by atoms with Gasteiger partial charge >= 0.3 is 0 Å². The molecule has 19 heavy (non-hydrogen) atoms. The Balaban J connectivity index is 1.92. The molecule has 1 aromatic rings. The van der Waals surface area contributed by atoms with Gasteiger partial charge in [0, 0.05) is 6.54 Å². The molecule has 1 saturated carbocycles. The molecule has 0 atom stereocenters. The summed E-state index contributed by atoms with van der Waals surface area (Å²) in [7, 11) is -3.28. The Labute approximate surface area is 114 Å². The maximum Gasteiger partial charge on any atom is 0.214 e. The molecule has 0 heterocycles. The van der Waals surface area contributed by atoms with Crippen molar-refractivity contribution < 1.29 is 13.5 Å². The molecule has 0 radical (unpaired) electrons. The van der Waals surface area contributed by atoms with E-state index in [9.17, 15) is 13.5 Å². The van der Waals surface area contributed by atoms with Crippen molar-refractivity contribution in [1.82, 2.24) is 4.72 Å². The van der Waals surface area contributed by atoms with Crippen molar-refractivity contribution in [2.75, 3.05) is 0 Å². The molecular formula is C14H21NO3S. The van der Waals surface area contributed by atoms with Gasteiger partial charge in [0.1, 0.15) is 0 Å². The quantitative estimate of drug-likeness (QED) is 0.884. The highest BCUT2D eigenvalue weighted by atomic mass is 32.2. The summed E-state index contributed by atoms with van der Waals surface area (Å²) >= 11 is 0. The van der Waals surface area contributed by atoms with Gasteiger partial charge in [0.25, 0.3) is 0 Å². The van der Waals surface area contributed by atoms with Crippen molar-refractivity contribution in [3.05, 3.63) is 35.4 Å². The number of rotatable bonds is 4. The average molecular weight is 283 g/mol. The van der Waals surface area contributed by atoms with E-state index in [1.54, 1.807) is 0 Å². The van der Waals surface area contributed by atoms with Gasteiger partial charge < -0.3 is 5.11 Å². The van der Waals surface area contributed by atoms with E-state index in [0.717, 1.165) is 11.1 Å². The molecule has 0 bridgehead atoms. The van der Waals surface area contributed by atoms with Crippen LogP contribution >= 0.6 is 0 Å². The van der Waals surface area contributed by atoms with Crippen LogP contribution in [-0.4, -0.2) is 24.9 Å². The summed E-state index contributed by atoms with van der Waals surface area (Å²) in [4.78, 5) is 0. The zero-order valence-electron chi connectivity index (χ0n) is 11.2. The van der Waals surface area contributed by atoms with Crippen LogP contribution < -0.4 is 4.72 Å². The van der Waals surface area contributed by atoms with Crippen LogP contribution in [0, 0.1) is 6.92 Å². The third-order valence-electron chi connectivity index (χ3n) is 3.68. The van der Waals surface area contributed by atoms with Gasteiger partial charge in [0.15, 0.2) is 0 Å². The van der Waals surface area contributed by atoms with E-state index in [4.69, 9.17) is 0 Å². The summed E-state index contributed by atoms with van der Waals surface area (Å²) in [6, 6.07) is 7.81. The fourth-order valence-electron chi connectivity index (χ4n) is 2.36. The Morgan fingerprint density at radius 3 is 2.32 bits per heavy atom. The maximum absolute atomic E-state index is 12.1. The monoisotopic (exact) mass is 283 g/mol. The zero-order chi connectivity index (χ0) is 13.9. The molecule has 4 nitrogen and oxygen atoms in total. The lowest BCUT2D eigenvalue weighted by atomic mass is 9.97. The Morgan fingerprint density at radius 2 is 1.74 bits per heavy atom. The summed E-state index contributed by atoms with van der Waals surface area (Å²) in [6.45, 7) is 2.34. The molecule has 0 aliphatic heterocycles. The number of aryl methyl sites for hydroxylation is 1. The number of hydrogen-bond donors (Lipinski definition) is 2. The van der Waals surface area contributed by atoms with Crippen LogP contribution in [0.3, 0.4) is 0 Å². The lowest BCUT2D eigenvalue weighted by Crippen LogP contribution is -2.37. The van der Waals surface area contributed by atoms with Gasteiger partial charge in [-0.1, -0.05) is 29.8 Å². The topological polar surface area (TPSA) is 66.4 Å². The third-order valence-corrected chi connectivity index (χ3v) is 5.58. The minimum Gasteiger partial charge on any atom is -0.393 e. The average Bonchev–Trinajstić information content (AvgIpc) is 2.39. The maximum atomic E-state index is 12.1. The van der Waals surface area contributed by atoms with E-state index in [1.807, 2.05) is 31.2 Å². The van der Waals surface area contributed by atoms with Crippen molar-refractivity contribution in [3.63, 3.8) is 0 Å². The first-order valence-electron chi connectivity index (χ1n) is 6.69. The first-order chi connectivity index (χ1) is 8.97. The standard InChI is InChI=1S/C14H21NO3S/c1-11-2-4-12(5-3-11)10-15-19(17,18)14-8-6-13(16)7-9-14/h2-5,13-16H,6-10H2,1H3. The molecule has 0 aromatic heterocycles. The Morgan fingerprint density at radius 1 is 1.16 bits per heavy atom. The van der Waals surface area contributed by atoms with Crippen LogP contribution in [0.25, 0.3) is 0 Å². The van der Waals surface area contributed by atoms with Crippen LogP contribution in [-0.2, 0) is 16.6 Å². The zero-order valence-corrected chi connectivity index (χ0v) is 12.0. The molecule has 5 heteroatoms. The molecule has 2 N–H and O–H groups in total. The first-order valence-corrected chi connectivity index (χ1v) is 8.24. The molecule has 0 unspecified atom stereocenters. The van der Waals surface area contributed by atoms with Crippen molar-refractivity contribution in [1.29, 1.82) is 0 Å². The van der Waals surface area contributed by atoms with E-state index in [2.05, 4.69) is 4.72 Å². The van der Waals surface area contributed by atoms with Crippen LogP contribution in [0.4, 0.5) is 0 Å².